The van der Waals surface area contributed by atoms with Gasteiger partial charge in [0.15, 0.2) is 15.6 Å². The summed E-state index contributed by atoms with van der Waals surface area (Å²) in [4.78, 5) is -0.129. The van der Waals surface area contributed by atoms with E-state index in [0.29, 0.717) is 0 Å². The van der Waals surface area contributed by atoms with Crippen LogP contribution in [0.3, 0.4) is 0 Å². The van der Waals surface area contributed by atoms with Gasteiger partial charge in [0, 0.05) is 6.26 Å². The fourth-order valence-corrected chi connectivity index (χ4v) is 2.34. The normalized spacial score (nSPS) is 11.6. The van der Waals surface area contributed by atoms with Crippen LogP contribution in [0.25, 0.3) is 0 Å². The molecule has 6 heteroatoms. The molecular formula is C7H6Cl2O3S. The average molecular weight is 241 g/mol. The van der Waals surface area contributed by atoms with Gasteiger partial charge in [-0.3, -0.25) is 0 Å². The maximum atomic E-state index is 11.1. The van der Waals surface area contributed by atoms with Gasteiger partial charge in [-0.1, -0.05) is 23.2 Å². The molecular weight excluding hydrogens is 235 g/mol. The van der Waals surface area contributed by atoms with E-state index in [1.165, 1.54) is 12.1 Å². The van der Waals surface area contributed by atoms with E-state index in [9.17, 15) is 13.5 Å². The van der Waals surface area contributed by atoms with Crippen LogP contribution < -0.4 is 0 Å². The lowest BCUT2D eigenvalue weighted by Gasteiger charge is -2.04. The molecule has 0 fully saturated rings. The third-order valence-electron chi connectivity index (χ3n) is 1.43. The van der Waals surface area contributed by atoms with Crippen molar-refractivity contribution in [3.63, 3.8) is 0 Å². The number of benzene rings is 1. The second kappa shape index (κ2) is 3.36. The van der Waals surface area contributed by atoms with Crippen LogP contribution in [0.2, 0.25) is 10.0 Å². The Morgan fingerprint density at radius 2 is 1.85 bits per heavy atom. The summed E-state index contributed by atoms with van der Waals surface area (Å²) >= 11 is 11.1. The van der Waals surface area contributed by atoms with E-state index < -0.39 is 15.6 Å². The summed E-state index contributed by atoms with van der Waals surface area (Å²) in [5.74, 6) is -0.411. The first-order chi connectivity index (χ1) is 5.84. The van der Waals surface area contributed by atoms with Crippen LogP contribution >= 0.6 is 23.2 Å². The number of hydrogen-bond donors (Lipinski definition) is 1. The van der Waals surface area contributed by atoms with Crippen LogP contribution in [-0.4, -0.2) is 19.8 Å². The highest BCUT2D eigenvalue weighted by molar-refractivity contribution is 7.90. The summed E-state index contributed by atoms with van der Waals surface area (Å²) in [7, 11) is -3.42. The number of rotatable bonds is 1. The molecule has 0 atom stereocenters. The zero-order valence-electron chi connectivity index (χ0n) is 6.58. The molecule has 1 aromatic rings. The second-order valence-electron chi connectivity index (χ2n) is 2.48. The first-order valence-corrected chi connectivity index (χ1v) is 5.86. The van der Waals surface area contributed by atoms with Crippen molar-refractivity contribution in [3.8, 4) is 5.75 Å². The van der Waals surface area contributed by atoms with Crippen molar-refractivity contribution in [2.75, 3.05) is 6.26 Å². The zero-order valence-corrected chi connectivity index (χ0v) is 8.91. The molecule has 3 nitrogen and oxygen atoms in total. The number of phenols is 1. The van der Waals surface area contributed by atoms with Gasteiger partial charge in [-0.05, 0) is 12.1 Å². The minimum absolute atomic E-state index is 0.0254. The molecule has 0 radical (unpaired) electrons. The van der Waals surface area contributed by atoms with E-state index in [-0.39, 0.29) is 14.9 Å². The second-order valence-corrected chi connectivity index (χ2v) is 5.25. The van der Waals surface area contributed by atoms with Gasteiger partial charge in [0.05, 0.1) is 9.92 Å². The lowest BCUT2D eigenvalue weighted by molar-refractivity contribution is 0.474. The van der Waals surface area contributed by atoms with Crippen molar-refractivity contribution in [1.82, 2.24) is 0 Å². The quantitative estimate of drug-likeness (QED) is 0.819. The number of sulfone groups is 1. The maximum Gasteiger partial charge on any atom is 0.177 e. The van der Waals surface area contributed by atoms with Gasteiger partial charge in [-0.25, -0.2) is 8.42 Å². The minimum atomic E-state index is -3.42. The predicted molar refractivity (Wildman–Crippen MR) is 51.2 cm³/mol. The Morgan fingerprint density at radius 1 is 1.31 bits per heavy atom. The van der Waals surface area contributed by atoms with Crippen molar-refractivity contribution in [1.29, 1.82) is 0 Å². The summed E-state index contributed by atoms with van der Waals surface area (Å²) < 4.78 is 22.2. The van der Waals surface area contributed by atoms with Crippen LogP contribution in [-0.2, 0) is 9.84 Å². The van der Waals surface area contributed by atoms with Gasteiger partial charge < -0.3 is 5.11 Å². The third kappa shape index (κ3) is 2.07. The predicted octanol–water partition coefficient (Wildman–Crippen LogP) is 2.10. The molecule has 72 valence electrons. The Labute approximate surface area is 85.8 Å². The van der Waals surface area contributed by atoms with Gasteiger partial charge in [-0.2, -0.15) is 0 Å². The molecule has 13 heavy (non-hydrogen) atoms. The summed E-state index contributed by atoms with van der Waals surface area (Å²) in [6, 6.07) is 2.53. The van der Waals surface area contributed by atoms with Gasteiger partial charge in [0.2, 0.25) is 0 Å². The van der Waals surface area contributed by atoms with Crippen molar-refractivity contribution in [3.05, 3.63) is 22.2 Å². The highest BCUT2D eigenvalue weighted by atomic mass is 35.5. The molecule has 1 aromatic carbocycles. The molecule has 0 heterocycles. The molecule has 0 unspecified atom stereocenters. The number of hydrogen-bond acceptors (Lipinski definition) is 3. The smallest absolute Gasteiger partial charge is 0.177 e. The van der Waals surface area contributed by atoms with Gasteiger partial charge in [0.25, 0.3) is 0 Å². The molecule has 0 saturated carbocycles. The Morgan fingerprint density at radius 3 is 2.31 bits per heavy atom. The van der Waals surface area contributed by atoms with E-state index in [2.05, 4.69) is 0 Å². The lowest BCUT2D eigenvalue weighted by atomic mass is 10.3. The molecule has 1 N–H and O–H groups in total. The molecule has 0 amide bonds. The van der Waals surface area contributed by atoms with E-state index >= 15 is 0 Å². The molecule has 0 spiro atoms. The number of halogens is 2. The average Bonchev–Trinajstić information content (AvgIpc) is 1.98. The Hall–Kier alpha value is -0.450. The van der Waals surface area contributed by atoms with Crippen LogP contribution in [0, 0.1) is 0 Å². The van der Waals surface area contributed by atoms with Crippen LogP contribution in [0.15, 0.2) is 17.0 Å². The van der Waals surface area contributed by atoms with Crippen LogP contribution in [0.5, 0.6) is 5.75 Å². The van der Waals surface area contributed by atoms with E-state index in [1.54, 1.807) is 0 Å². The lowest BCUT2D eigenvalue weighted by Crippen LogP contribution is -1.97. The molecule has 0 aliphatic rings. The summed E-state index contributed by atoms with van der Waals surface area (Å²) in [5, 5.41) is 9.01. The molecule has 0 saturated heterocycles. The molecule has 0 aromatic heterocycles. The minimum Gasteiger partial charge on any atom is -0.505 e. The summed E-state index contributed by atoms with van der Waals surface area (Å²) in [6.07, 6.45) is 1.00. The number of phenolic OH excluding ortho intramolecular Hbond substituents is 1. The molecule has 1 rings (SSSR count). The highest BCUT2D eigenvalue weighted by Gasteiger charge is 2.16. The monoisotopic (exact) mass is 240 g/mol. The first-order valence-electron chi connectivity index (χ1n) is 3.21. The zero-order chi connectivity index (χ0) is 10.2. The highest BCUT2D eigenvalue weighted by Crippen LogP contribution is 2.36. The van der Waals surface area contributed by atoms with Crippen LogP contribution in [0.4, 0.5) is 0 Å². The van der Waals surface area contributed by atoms with E-state index in [4.69, 9.17) is 23.2 Å². The van der Waals surface area contributed by atoms with Gasteiger partial charge >= 0.3 is 0 Å². The standard InChI is InChI=1S/C7H6Cl2O3S/c1-13(11,12)5-3-2-4(8)7(10)6(5)9/h2-3,10H,1H3. The van der Waals surface area contributed by atoms with Crippen molar-refractivity contribution >= 4 is 33.0 Å². The maximum absolute atomic E-state index is 11.1. The fraction of sp³-hybridized carbons (Fsp3) is 0.143. The summed E-state index contributed by atoms with van der Waals surface area (Å²) in [6.45, 7) is 0. The van der Waals surface area contributed by atoms with Gasteiger partial charge in [-0.15, -0.1) is 0 Å². The molecule has 0 aliphatic heterocycles. The fourth-order valence-electron chi connectivity index (χ4n) is 0.809. The van der Waals surface area contributed by atoms with Crippen molar-refractivity contribution < 1.29 is 13.5 Å². The largest absolute Gasteiger partial charge is 0.505 e. The van der Waals surface area contributed by atoms with E-state index in [0.717, 1.165) is 6.26 Å². The third-order valence-corrected chi connectivity index (χ3v) is 3.37. The van der Waals surface area contributed by atoms with Crippen LogP contribution in [0.1, 0.15) is 0 Å². The SMILES string of the molecule is CS(=O)(=O)c1ccc(Cl)c(O)c1Cl. The number of aromatic hydroxyl groups is 1. The Kier molecular flexibility index (Phi) is 2.75. The van der Waals surface area contributed by atoms with Crippen molar-refractivity contribution in [2.24, 2.45) is 0 Å². The molecule has 0 bridgehead atoms. The van der Waals surface area contributed by atoms with Gasteiger partial charge in [0.1, 0.15) is 5.02 Å². The Bertz CT molecular complexity index is 439. The topological polar surface area (TPSA) is 54.4 Å². The van der Waals surface area contributed by atoms with E-state index in [1.807, 2.05) is 0 Å². The Balaban J connectivity index is 3.53. The molecule has 0 aliphatic carbocycles. The summed E-state index contributed by atoms with van der Waals surface area (Å²) in [5.41, 5.74) is 0. The van der Waals surface area contributed by atoms with Crippen molar-refractivity contribution in [2.45, 2.75) is 4.90 Å². The first kappa shape index (κ1) is 10.6.